The Morgan fingerprint density at radius 3 is 1.36 bits per heavy atom. The fourth-order valence-corrected chi connectivity index (χ4v) is 4.95. The zero-order valence-corrected chi connectivity index (χ0v) is 24.3. The molecule has 6 aromatic rings. The number of phenolic OH excluding ortho intramolecular Hbond substituents is 4. The lowest BCUT2D eigenvalue weighted by Crippen LogP contribution is -2.06. The van der Waals surface area contributed by atoms with Crippen LogP contribution in [-0.2, 0) is 0 Å². The molecular formula is C31H19BrN4O9. The highest BCUT2D eigenvalue weighted by molar-refractivity contribution is 8.93. The predicted octanol–water partition coefficient (Wildman–Crippen LogP) is 6.56. The molecule has 0 saturated heterocycles. The molecule has 0 aliphatic heterocycles. The first-order valence-corrected chi connectivity index (χ1v) is 12.8. The molecule has 0 saturated carbocycles. The summed E-state index contributed by atoms with van der Waals surface area (Å²) >= 11 is 0. The van der Waals surface area contributed by atoms with Gasteiger partial charge in [0.25, 0.3) is 0 Å². The van der Waals surface area contributed by atoms with Crippen LogP contribution in [0.5, 0.6) is 23.0 Å². The van der Waals surface area contributed by atoms with Crippen molar-refractivity contribution < 1.29 is 35.1 Å². The minimum Gasteiger partial charge on any atom is -0.504 e. The van der Waals surface area contributed by atoms with E-state index in [2.05, 4.69) is 9.97 Å². The average Bonchev–Trinajstić information content (AvgIpc) is 3.01. The molecule has 0 spiro atoms. The number of carbonyl (C=O) groups is 1. The Balaban J connectivity index is 0.00000400. The van der Waals surface area contributed by atoms with Gasteiger partial charge in [-0.05, 0) is 36.4 Å². The molecule has 2 heterocycles. The second-order valence-corrected chi connectivity index (χ2v) is 9.71. The zero-order chi connectivity index (χ0) is 31.3. The van der Waals surface area contributed by atoms with E-state index in [1.165, 1.54) is 12.1 Å². The maximum Gasteiger partial charge on any atom is 0.315 e. The third kappa shape index (κ3) is 5.29. The van der Waals surface area contributed by atoms with E-state index in [0.29, 0.717) is 21.8 Å². The topological polar surface area (TPSA) is 210 Å². The normalized spacial score (nSPS) is 10.8. The number of aromatic hydroxyl groups is 4. The Bertz CT molecular complexity index is 2070. The maximum absolute atomic E-state index is 14.4. The number of nitrogens with zero attached hydrogens (tertiary/aromatic N) is 4. The molecule has 2 aromatic heterocycles. The lowest BCUT2D eigenvalue weighted by Gasteiger charge is -2.13. The number of pyridine rings is 2. The maximum atomic E-state index is 14.4. The number of benzene rings is 4. The SMILES string of the molecule is Br.O=C(c1cc(-c2cc(O)c(O)c([N+](=O)[O-])c2)nc2ccccc12)c1cc(-c2cc(O)c(O)c([N+](=O)[O-])c2)nc2ccccc12. The summed E-state index contributed by atoms with van der Waals surface area (Å²) in [7, 11) is 0. The number of hydrogen-bond acceptors (Lipinski definition) is 11. The van der Waals surface area contributed by atoms with Crippen molar-refractivity contribution in [3.05, 3.63) is 116 Å². The van der Waals surface area contributed by atoms with Crippen molar-refractivity contribution in [1.82, 2.24) is 9.97 Å². The zero-order valence-electron chi connectivity index (χ0n) is 22.6. The summed E-state index contributed by atoms with van der Waals surface area (Å²) < 4.78 is 0. The smallest absolute Gasteiger partial charge is 0.315 e. The van der Waals surface area contributed by atoms with Gasteiger partial charge in [-0.1, -0.05) is 36.4 Å². The molecule has 0 aliphatic rings. The van der Waals surface area contributed by atoms with E-state index >= 15 is 0 Å². The van der Waals surface area contributed by atoms with Gasteiger partial charge in [0.15, 0.2) is 17.3 Å². The fourth-order valence-electron chi connectivity index (χ4n) is 4.95. The van der Waals surface area contributed by atoms with Crippen molar-refractivity contribution in [2.45, 2.75) is 0 Å². The van der Waals surface area contributed by atoms with Gasteiger partial charge in [-0.2, -0.15) is 0 Å². The molecule has 14 heteroatoms. The predicted molar refractivity (Wildman–Crippen MR) is 168 cm³/mol. The molecule has 0 bridgehead atoms. The number of aromatic nitrogens is 2. The first-order chi connectivity index (χ1) is 21.0. The lowest BCUT2D eigenvalue weighted by molar-refractivity contribution is -0.386. The largest absolute Gasteiger partial charge is 0.504 e. The molecule has 6 rings (SSSR count). The van der Waals surface area contributed by atoms with Crippen molar-refractivity contribution in [1.29, 1.82) is 0 Å². The Kier molecular flexibility index (Phi) is 7.75. The summed E-state index contributed by atoms with van der Waals surface area (Å²) in [5.41, 5.74) is -0.158. The highest BCUT2D eigenvalue weighted by Crippen LogP contribution is 2.41. The Morgan fingerprint density at radius 1 is 0.600 bits per heavy atom. The van der Waals surface area contributed by atoms with E-state index < -0.39 is 50.0 Å². The van der Waals surface area contributed by atoms with Crippen LogP contribution in [0.25, 0.3) is 44.3 Å². The monoisotopic (exact) mass is 670 g/mol. The van der Waals surface area contributed by atoms with E-state index in [1.54, 1.807) is 48.5 Å². The number of ketones is 1. The van der Waals surface area contributed by atoms with Gasteiger partial charge in [-0.25, -0.2) is 9.97 Å². The number of carbonyl (C=O) groups excluding carboxylic acids is 1. The van der Waals surface area contributed by atoms with Gasteiger partial charge < -0.3 is 20.4 Å². The number of para-hydroxylation sites is 2. The van der Waals surface area contributed by atoms with Crippen LogP contribution in [-0.4, -0.2) is 46.0 Å². The van der Waals surface area contributed by atoms with Gasteiger partial charge in [0.1, 0.15) is 0 Å². The van der Waals surface area contributed by atoms with Gasteiger partial charge in [-0.15, -0.1) is 17.0 Å². The van der Waals surface area contributed by atoms with Crippen LogP contribution >= 0.6 is 17.0 Å². The number of nitro benzene ring substituents is 2. The molecule has 224 valence electrons. The van der Waals surface area contributed by atoms with Crippen molar-refractivity contribution in [2.75, 3.05) is 0 Å². The van der Waals surface area contributed by atoms with Gasteiger partial charge in [0.05, 0.1) is 32.3 Å². The Labute approximate surface area is 262 Å². The minimum absolute atomic E-state index is 0. The van der Waals surface area contributed by atoms with Crippen LogP contribution in [0.4, 0.5) is 11.4 Å². The van der Waals surface area contributed by atoms with Crippen molar-refractivity contribution in [2.24, 2.45) is 0 Å². The van der Waals surface area contributed by atoms with Gasteiger partial charge in [0.2, 0.25) is 11.5 Å². The van der Waals surface area contributed by atoms with E-state index in [0.717, 1.165) is 24.3 Å². The minimum atomic E-state index is -0.910. The molecule has 4 aromatic carbocycles. The van der Waals surface area contributed by atoms with Gasteiger partial charge in [0, 0.05) is 45.2 Å². The standard InChI is InChI=1S/C31H18N4O9.BrH/c36-27-11-15(9-25(30(27)39)34(41)42)23-13-19(17-5-1-3-7-21(17)32-23)29(38)20-14-24(33-22-8-4-2-6-18(20)22)16-10-26(35(43)44)31(40)28(37)12-16;/h1-14,36-37,39-40H;1H. The van der Waals surface area contributed by atoms with Crippen LogP contribution in [0.2, 0.25) is 0 Å². The van der Waals surface area contributed by atoms with Crippen molar-refractivity contribution in [3.63, 3.8) is 0 Å². The van der Waals surface area contributed by atoms with Crippen LogP contribution in [0.3, 0.4) is 0 Å². The Morgan fingerprint density at radius 2 is 0.978 bits per heavy atom. The number of rotatable bonds is 6. The number of halogens is 1. The van der Waals surface area contributed by atoms with Gasteiger partial charge in [-0.3, -0.25) is 25.0 Å². The van der Waals surface area contributed by atoms with Gasteiger partial charge >= 0.3 is 11.4 Å². The highest BCUT2D eigenvalue weighted by atomic mass is 79.9. The van der Waals surface area contributed by atoms with Crippen LogP contribution in [0, 0.1) is 20.2 Å². The summed E-state index contributed by atoms with van der Waals surface area (Å²) in [6.07, 6.45) is 0. The molecule has 0 amide bonds. The molecule has 0 atom stereocenters. The van der Waals surface area contributed by atoms with Crippen LogP contribution in [0.15, 0.2) is 84.9 Å². The van der Waals surface area contributed by atoms with Crippen molar-refractivity contribution >= 4 is 55.9 Å². The molecule has 45 heavy (non-hydrogen) atoms. The number of phenols is 4. The molecule has 0 fully saturated rings. The summed E-state index contributed by atoms with van der Waals surface area (Å²) in [6, 6.07) is 20.5. The van der Waals surface area contributed by atoms with Crippen LogP contribution < -0.4 is 0 Å². The molecule has 0 aliphatic carbocycles. The molecule has 4 N–H and O–H groups in total. The second kappa shape index (κ2) is 11.5. The van der Waals surface area contributed by atoms with Crippen LogP contribution in [0.1, 0.15) is 15.9 Å². The van der Waals surface area contributed by atoms with Crippen molar-refractivity contribution in [3.8, 4) is 45.5 Å². The fraction of sp³-hybridized carbons (Fsp3) is 0. The second-order valence-electron chi connectivity index (χ2n) is 9.71. The van der Waals surface area contributed by atoms with E-state index in [4.69, 9.17) is 0 Å². The van der Waals surface area contributed by atoms with E-state index in [-0.39, 0.29) is 50.6 Å². The highest BCUT2D eigenvalue weighted by Gasteiger charge is 2.25. The summed E-state index contributed by atoms with van der Waals surface area (Å²) in [5.74, 6) is -3.82. The quantitative estimate of drug-likeness (QED) is 0.0644. The molecule has 0 radical (unpaired) electrons. The molecule has 13 nitrogen and oxygen atoms in total. The number of nitro groups is 2. The third-order valence-electron chi connectivity index (χ3n) is 7.05. The summed E-state index contributed by atoms with van der Waals surface area (Å²) in [6.45, 7) is 0. The third-order valence-corrected chi connectivity index (χ3v) is 7.05. The van der Waals surface area contributed by atoms with E-state index in [1.807, 2.05) is 0 Å². The molecule has 0 unspecified atom stereocenters. The number of hydrogen-bond donors (Lipinski definition) is 4. The number of fused-ring (bicyclic) bond motifs is 2. The summed E-state index contributed by atoms with van der Waals surface area (Å²) in [5, 5.41) is 64.1. The van der Waals surface area contributed by atoms with E-state index in [9.17, 15) is 45.4 Å². The first kappa shape index (κ1) is 30.3. The summed E-state index contributed by atoms with van der Waals surface area (Å²) in [4.78, 5) is 44.7. The average molecular weight is 671 g/mol. The lowest BCUT2D eigenvalue weighted by atomic mass is 9.93. The molecular weight excluding hydrogens is 652 g/mol. The first-order valence-electron chi connectivity index (χ1n) is 12.8. The Hall–Kier alpha value is -6.15.